The maximum absolute atomic E-state index is 13.0. The Morgan fingerprint density at radius 1 is 0.967 bits per heavy atom. The van der Waals surface area contributed by atoms with Crippen molar-refractivity contribution in [3.63, 3.8) is 0 Å². The molecule has 0 saturated heterocycles. The van der Waals surface area contributed by atoms with Crippen LogP contribution in [0.25, 0.3) is 5.69 Å². The van der Waals surface area contributed by atoms with Crippen molar-refractivity contribution >= 4 is 17.5 Å². The minimum atomic E-state index is -0.161. The zero-order valence-electron chi connectivity index (χ0n) is 16.7. The van der Waals surface area contributed by atoms with Crippen LogP contribution < -0.4 is 10.6 Å². The number of carbonyl (C=O) groups is 2. The van der Waals surface area contributed by atoms with Crippen LogP contribution in [0.4, 0.5) is 5.69 Å². The Labute approximate surface area is 175 Å². The van der Waals surface area contributed by atoms with Gasteiger partial charge in [-0.2, -0.15) is 5.10 Å². The molecule has 1 aromatic heterocycles. The van der Waals surface area contributed by atoms with E-state index in [2.05, 4.69) is 10.6 Å². The Bertz CT molecular complexity index is 1080. The van der Waals surface area contributed by atoms with E-state index in [4.69, 9.17) is 5.10 Å². The van der Waals surface area contributed by atoms with Gasteiger partial charge in [0.1, 0.15) is 5.69 Å². The van der Waals surface area contributed by atoms with Gasteiger partial charge in [0, 0.05) is 24.1 Å². The smallest absolute Gasteiger partial charge is 0.270 e. The molecule has 2 aliphatic carbocycles. The summed E-state index contributed by atoms with van der Waals surface area (Å²) in [6.07, 6.45) is 4.21. The van der Waals surface area contributed by atoms with Gasteiger partial charge < -0.3 is 10.6 Å². The average molecular weight is 400 g/mol. The zero-order valence-corrected chi connectivity index (χ0v) is 16.7. The van der Waals surface area contributed by atoms with Gasteiger partial charge in [-0.15, -0.1) is 0 Å². The lowest BCUT2D eigenvalue weighted by atomic mass is 10.2. The van der Waals surface area contributed by atoms with Crippen molar-refractivity contribution in [1.82, 2.24) is 15.1 Å². The van der Waals surface area contributed by atoms with Crippen LogP contribution in [0.1, 0.15) is 53.3 Å². The average Bonchev–Trinajstić information content (AvgIpc) is 3.70. The SMILES string of the molecule is O=C(NCc1cccc(NC(=O)C2CC2)c1)c1cc(C2CC2)nn1-c1ccccc1. The summed E-state index contributed by atoms with van der Waals surface area (Å²) in [6.45, 7) is 0.380. The number of aromatic nitrogens is 2. The zero-order chi connectivity index (χ0) is 20.5. The predicted molar refractivity (Wildman–Crippen MR) is 115 cm³/mol. The van der Waals surface area contributed by atoms with E-state index in [1.807, 2.05) is 60.7 Å². The van der Waals surface area contributed by atoms with Crippen LogP contribution in [0.3, 0.4) is 0 Å². The van der Waals surface area contributed by atoms with Crippen LogP contribution in [0.15, 0.2) is 60.7 Å². The number of carbonyl (C=O) groups excluding carboxylic acids is 2. The quantitative estimate of drug-likeness (QED) is 0.629. The number of hydrogen-bond donors (Lipinski definition) is 2. The number of hydrogen-bond acceptors (Lipinski definition) is 3. The molecule has 2 aliphatic rings. The van der Waals surface area contributed by atoms with E-state index in [0.717, 1.165) is 48.3 Å². The van der Waals surface area contributed by atoms with Crippen LogP contribution in [-0.2, 0) is 11.3 Å². The maximum atomic E-state index is 13.0. The fraction of sp³-hybridized carbons (Fsp3) is 0.292. The summed E-state index contributed by atoms with van der Waals surface area (Å²) in [5.74, 6) is 0.543. The molecule has 0 aliphatic heterocycles. The molecule has 152 valence electrons. The number of anilines is 1. The number of rotatable bonds is 7. The minimum absolute atomic E-state index is 0.0792. The molecule has 0 unspecified atom stereocenters. The van der Waals surface area contributed by atoms with Crippen LogP contribution in [-0.4, -0.2) is 21.6 Å². The third-order valence-corrected chi connectivity index (χ3v) is 5.55. The second kappa shape index (κ2) is 7.78. The maximum Gasteiger partial charge on any atom is 0.270 e. The van der Waals surface area contributed by atoms with Crippen LogP contribution in [0, 0.1) is 5.92 Å². The van der Waals surface area contributed by atoms with Gasteiger partial charge in [-0.25, -0.2) is 4.68 Å². The van der Waals surface area contributed by atoms with Crippen molar-refractivity contribution in [2.75, 3.05) is 5.32 Å². The fourth-order valence-electron chi connectivity index (χ4n) is 3.53. The highest BCUT2D eigenvalue weighted by molar-refractivity contribution is 5.94. The van der Waals surface area contributed by atoms with Crippen molar-refractivity contribution in [3.8, 4) is 5.69 Å². The summed E-state index contributed by atoms with van der Waals surface area (Å²) in [5, 5.41) is 10.6. The van der Waals surface area contributed by atoms with E-state index in [0.29, 0.717) is 18.2 Å². The summed E-state index contributed by atoms with van der Waals surface area (Å²) < 4.78 is 1.73. The van der Waals surface area contributed by atoms with Crippen LogP contribution >= 0.6 is 0 Å². The molecule has 0 atom stereocenters. The number of amides is 2. The molecule has 6 heteroatoms. The molecule has 2 amide bonds. The third-order valence-electron chi connectivity index (χ3n) is 5.55. The molecule has 3 aromatic rings. The molecule has 0 spiro atoms. The Morgan fingerprint density at radius 3 is 2.50 bits per heavy atom. The van der Waals surface area contributed by atoms with Gasteiger partial charge in [-0.1, -0.05) is 30.3 Å². The highest BCUT2D eigenvalue weighted by Crippen LogP contribution is 2.39. The predicted octanol–water partition coefficient (Wildman–Crippen LogP) is 4.03. The lowest BCUT2D eigenvalue weighted by Gasteiger charge is -2.10. The normalized spacial score (nSPS) is 15.6. The largest absolute Gasteiger partial charge is 0.347 e. The molecular formula is C24H24N4O2. The number of nitrogens with one attached hydrogen (secondary N) is 2. The molecule has 2 fully saturated rings. The summed E-state index contributed by atoms with van der Waals surface area (Å²) in [4.78, 5) is 25.0. The lowest BCUT2D eigenvalue weighted by molar-refractivity contribution is -0.117. The van der Waals surface area contributed by atoms with Crippen LogP contribution in [0.2, 0.25) is 0 Å². The molecule has 6 nitrogen and oxygen atoms in total. The molecule has 0 radical (unpaired) electrons. The van der Waals surface area contributed by atoms with Gasteiger partial charge in [0.25, 0.3) is 5.91 Å². The summed E-state index contributed by atoms with van der Waals surface area (Å²) >= 11 is 0. The summed E-state index contributed by atoms with van der Waals surface area (Å²) in [5.41, 5.74) is 4.10. The molecule has 2 aromatic carbocycles. The number of benzene rings is 2. The monoisotopic (exact) mass is 400 g/mol. The Hall–Kier alpha value is -3.41. The Morgan fingerprint density at radius 2 is 1.77 bits per heavy atom. The fourth-order valence-corrected chi connectivity index (χ4v) is 3.53. The van der Waals surface area contributed by atoms with Gasteiger partial charge in [0.15, 0.2) is 0 Å². The second-order valence-corrected chi connectivity index (χ2v) is 8.12. The van der Waals surface area contributed by atoms with E-state index in [1.165, 1.54) is 0 Å². The van der Waals surface area contributed by atoms with Gasteiger partial charge in [0.05, 0.1) is 11.4 Å². The van der Waals surface area contributed by atoms with Crippen molar-refractivity contribution in [3.05, 3.63) is 77.6 Å². The highest BCUT2D eigenvalue weighted by atomic mass is 16.2. The Balaban J connectivity index is 1.30. The van der Waals surface area contributed by atoms with E-state index in [9.17, 15) is 9.59 Å². The van der Waals surface area contributed by atoms with E-state index < -0.39 is 0 Å². The van der Waals surface area contributed by atoms with Crippen molar-refractivity contribution < 1.29 is 9.59 Å². The third kappa shape index (κ3) is 4.13. The van der Waals surface area contributed by atoms with Gasteiger partial charge in [-0.05, 0) is 61.6 Å². The molecule has 30 heavy (non-hydrogen) atoms. The Kier molecular flexibility index (Phi) is 4.83. The number of para-hydroxylation sites is 1. The molecule has 2 N–H and O–H groups in total. The van der Waals surface area contributed by atoms with Crippen molar-refractivity contribution in [1.29, 1.82) is 0 Å². The van der Waals surface area contributed by atoms with Crippen molar-refractivity contribution in [2.24, 2.45) is 5.92 Å². The van der Waals surface area contributed by atoms with Crippen LogP contribution in [0.5, 0.6) is 0 Å². The lowest BCUT2D eigenvalue weighted by Crippen LogP contribution is -2.25. The molecule has 1 heterocycles. The first-order chi connectivity index (χ1) is 14.7. The van der Waals surface area contributed by atoms with E-state index in [-0.39, 0.29) is 17.7 Å². The number of nitrogens with zero attached hydrogens (tertiary/aromatic N) is 2. The first-order valence-electron chi connectivity index (χ1n) is 10.5. The first-order valence-corrected chi connectivity index (χ1v) is 10.5. The van der Waals surface area contributed by atoms with Gasteiger partial charge in [0.2, 0.25) is 5.91 Å². The molecule has 2 saturated carbocycles. The topological polar surface area (TPSA) is 76.0 Å². The summed E-state index contributed by atoms with van der Waals surface area (Å²) in [6, 6.07) is 19.3. The van der Waals surface area contributed by atoms with E-state index in [1.54, 1.807) is 4.68 Å². The van der Waals surface area contributed by atoms with Gasteiger partial charge in [-0.3, -0.25) is 9.59 Å². The first kappa shape index (κ1) is 18.6. The second-order valence-electron chi connectivity index (χ2n) is 8.12. The standard InChI is InChI=1S/C24H24N4O2/c29-23(18-11-12-18)26-19-6-4-5-16(13-19)15-25-24(30)22-14-21(17-9-10-17)27-28(22)20-7-2-1-3-8-20/h1-8,13-14,17-18H,9-12,15H2,(H,25,30)(H,26,29). The highest BCUT2D eigenvalue weighted by Gasteiger charge is 2.30. The van der Waals surface area contributed by atoms with Crippen molar-refractivity contribution in [2.45, 2.75) is 38.1 Å². The summed E-state index contributed by atoms with van der Waals surface area (Å²) in [7, 11) is 0. The van der Waals surface area contributed by atoms with Gasteiger partial charge >= 0.3 is 0 Å². The molecule has 0 bridgehead atoms. The molecule has 5 rings (SSSR count). The minimum Gasteiger partial charge on any atom is -0.347 e. The van der Waals surface area contributed by atoms with E-state index >= 15 is 0 Å². The molecular weight excluding hydrogens is 376 g/mol.